The largest absolute Gasteiger partial charge is 0.508 e. The van der Waals surface area contributed by atoms with Gasteiger partial charge in [0.15, 0.2) is 0 Å². The van der Waals surface area contributed by atoms with Crippen LogP contribution in [0, 0.1) is 0 Å². The average molecular weight is 376 g/mol. The highest BCUT2D eigenvalue weighted by molar-refractivity contribution is 5.84. The minimum Gasteiger partial charge on any atom is -0.508 e. The van der Waals surface area contributed by atoms with Gasteiger partial charge in [-0.25, -0.2) is 4.79 Å². The van der Waals surface area contributed by atoms with Crippen LogP contribution in [0.1, 0.15) is 11.1 Å². The summed E-state index contributed by atoms with van der Waals surface area (Å²) in [4.78, 5) is 14.9. The minimum absolute atomic E-state index is 0.0288. The van der Waals surface area contributed by atoms with Crippen LogP contribution < -0.4 is 10.1 Å². The van der Waals surface area contributed by atoms with Crippen LogP contribution in [-0.2, 0) is 17.8 Å². The van der Waals surface area contributed by atoms with E-state index in [-0.39, 0.29) is 18.1 Å². The second kappa shape index (κ2) is 8.39. The molecule has 3 aromatic rings. The predicted octanol–water partition coefficient (Wildman–Crippen LogP) is 3.94. The maximum atomic E-state index is 12.4. The molecule has 8 heteroatoms. The van der Waals surface area contributed by atoms with Gasteiger partial charge in [-0.1, -0.05) is 18.2 Å². The van der Waals surface area contributed by atoms with E-state index in [9.17, 15) is 18.7 Å². The molecule has 27 heavy (non-hydrogen) atoms. The summed E-state index contributed by atoms with van der Waals surface area (Å²) in [5.74, 6) is 0.138. The van der Waals surface area contributed by atoms with Gasteiger partial charge in [-0.2, -0.15) is 8.78 Å². The number of benzene rings is 2. The first kappa shape index (κ1) is 18.5. The number of para-hydroxylation sites is 1. The van der Waals surface area contributed by atoms with Gasteiger partial charge in [-0.15, -0.1) is 0 Å². The number of phenolic OH excluding ortho intramolecular Hbond substituents is 1. The summed E-state index contributed by atoms with van der Waals surface area (Å²) in [7, 11) is 0. The number of hydrogen-bond acceptors (Lipinski definition) is 4. The fraction of sp³-hybridized carbons (Fsp3) is 0.211. The number of halogens is 2. The number of nitrogens with one attached hydrogen (secondary N) is 2. The van der Waals surface area contributed by atoms with Crippen molar-refractivity contribution in [2.75, 3.05) is 6.54 Å². The van der Waals surface area contributed by atoms with Gasteiger partial charge in [-0.3, -0.25) is 0 Å². The Bertz CT molecular complexity index is 927. The first-order valence-electron chi connectivity index (χ1n) is 8.25. The van der Waals surface area contributed by atoms with E-state index in [1.807, 2.05) is 6.20 Å². The molecule has 0 aliphatic rings. The van der Waals surface area contributed by atoms with E-state index in [4.69, 9.17) is 4.74 Å². The number of aromatic nitrogens is 1. The van der Waals surface area contributed by atoms with Gasteiger partial charge in [0.05, 0.1) is 0 Å². The molecule has 0 unspecified atom stereocenters. The number of aromatic amines is 1. The minimum atomic E-state index is -2.95. The van der Waals surface area contributed by atoms with Crippen LogP contribution in [0.4, 0.5) is 13.6 Å². The smallest absolute Gasteiger partial charge is 0.407 e. The Morgan fingerprint density at radius 2 is 2.00 bits per heavy atom. The summed E-state index contributed by atoms with van der Waals surface area (Å²) in [6.07, 6.45) is 1.68. The van der Waals surface area contributed by atoms with Gasteiger partial charge in [0, 0.05) is 29.2 Å². The average Bonchev–Trinajstić information content (AvgIpc) is 3.03. The molecule has 6 nitrogen and oxygen atoms in total. The third kappa shape index (κ3) is 4.87. The Hall–Kier alpha value is -3.29. The van der Waals surface area contributed by atoms with E-state index in [0.29, 0.717) is 18.5 Å². The summed E-state index contributed by atoms with van der Waals surface area (Å²) >= 11 is 0. The van der Waals surface area contributed by atoms with E-state index >= 15 is 0 Å². The highest BCUT2D eigenvalue weighted by Crippen LogP contribution is 2.23. The molecule has 0 saturated carbocycles. The van der Waals surface area contributed by atoms with Crippen molar-refractivity contribution in [2.24, 2.45) is 0 Å². The Balaban J connectivity index is 1.49. The number of carbonyl (C=O) groups excluding carboxylic acids is 1. The third-order valence-corrected chi connectivity index (χ3v) is 3.96. The molecule has 0 aliphatic heterocycles. The normalized spacial score (nSPS) is 10.9. The lowest BCUT2D eigenvalue weighted by atomic mass is 10.1. The number of fused-ring (bicyclic) bond motifs is 1. The quantitative estimate of drug-likeness (QED) is 0.583. The van der Waals surface area contributed by atoms with Crippen molar-refractivity contribution >= 4 is 17.0 Å². The van der Waals surface area contributed by atoms with Crippen molar-refractivity contribution in [3.05, 3.63) is 59.8 Å². The SMILES string of the molecule is O=C(NCCc1c[nH]c2ccc(O)cc12)OCc1ccccc1OC(F)F. The van der Waals surface area contributed by atoms with Crippen LogP contribution in [0.5, 0.6) is 11.5 Å². The molecule has 0 spiro atoms. The monoisotopic (exact) mass is 376 g/mol. The molecule has 3 N–H and O–H groups in total. The molecular weight excluding hydrogens is 358 g/mol. The molecule has 1 heterocycles. The van der Waals surface area contributed by atoms with Gasteiger partial charge >= 0.3 is 12.7 Å². The van der Waals surface area contributed by atoms with Gasteiger partial charge in [-0.05, 0) is 36.2 Å². The van der Waals surface area contributed by atoms with Gasteiger partial charge in [0.1, 0.15) is 18.1 Å². The Kier molecular flexibility index (Phi) is 5.75. The number of carbonyl (C=O) groups is 1. The van der Waals surface area contributed by atoms with E-state index in [2.05, 4.69) is 15.0 Å². The molecule has 2 aromatic carbocycles. The van der Waals surface area contributed by atoms with Crippen LogP contribution in [0.25, 0.3) is 10.9 Å². The van der Waals surface area contributed by atoms with Gasteiger partial charge in [0.2, 0.25) is 0 Å². The number of H-pyrrole nitrogens is 1. The van der Waals surface area contributed by atoms with Crippen molar-refractivity contribution in [3.8, 4) is 11.5 Å². The molecule has 3 rings (SSSR count). The summed E-state index contributed by atoms with van der Waals surface area (Å²) in [6.45, 7) is -2.82. The highest BCUT2D eigenvalue weighted by Gasteiger charge is 2.11. The molecule has 0 aliphatic carbocycles. The number of hydrogen-bond donors (Lipinski definition) is 3. The standard InChI is InChI=1S/C19H18F2N2O4/c20-18(21)27-17-4-2-1-3-13(17)11-26-19(25)22-8-7-12-10-23-16-6-5-14(24)9-15(12)16/h1-6,9-10,18,23-24H,7-8,11H2,(H,22,25). The number of alkyl carbamates (subject to hydrolysis) is 1. The fourth-order valence-corrected chi connectivity index (χ4v) is 2.70. The number of amides is 1. The fourth-order valence-electron chi connectivity index (χ4n) is 2.70. The van der Waals surface area contributed by atoms with E-state index in [0.717, 1.165) is 16.5 Å². The van der Waals surface area contributed by atoms with Crippen LogP contribution in [0.3, 0.4) is 0 Å². The maximum absolute atomic E-state index is 12.4. The molecule has 1 aromatic heterocycles. The molecule has 0 fully saturated rings. The molecule has 0 radical (unpaired) electrons. The number of aromatic hydroxyl groups is 1. The molecular formula is C19H18F2N2O4. The van der Waals surface area contributed by atoms with Crippen LogP contribution in [0.15, 0.2) is 48.7 Å². The highest BCUT2D eigenvalue weighted by atomic mass is 19.3. The number of phenols is 1. The second-order valence-electron chi connectivity index (χ2n) is 5.78. The summed E-state index contributed by atoms with van der Waals surface area (Å²) in [5, 5.41) is 13.1. The second-order valence-corrected chi connectivity index (χ2v) is 5.78. The van der Waals surface area contributed by atoms with Gasteiger partial charge in [0.25, 0.3) is 0 Å². The van der Waals surface area contributed by atoms with Crippen molar-refractivity contribution in [1.29, 1.82) is 0 Å². The van der Waals surface area contributed by atoms with E-state index < -0.39 is 12.7 Å². The van der Waals surface area contributed by atoms with Crippen LogP contribution >= 0.6 is 0 Å². The van der Waals surface area contributed by atoms with E-state index in [1.54, 1.807) is 36.4 Å². The first-order valence-corrected chi connectivity index (χ1v) is 8.25. The first-order chi connectivity index (χ1) is 13.0. The lowest BCUT2D eigenvalue weighted by Gasteiger charge is -2.11. The van der Waals surface area contributed by atoms with Gasteiger partial charge < -0.3 is 24.9 Å². The van der Waals surface area contributed by atoms with Crippen LogP contribution in [-0.4, -0.2) is 29.3 Å². The van der Waals surface area contributed by atoms with Crippen molar-refractivity contribution in [1.82, 2.24) is 10.3 Å². The maximum Gasteiger partial charge on any atom is 0.407 e. The molecule has 0 bridgehead atoms. The van der Waals surface area contributed by atoms with Crippen LogP contribution in [0.2, 0.25) is 0 Å². The Morgan fingerprint density at radius 3 is 2.81 bits per heavy atom. The van der Waals surface area contributed by atoms with E-state index in [1.165, 1.54) is 6.07 Å². The molecule has 1 amide bonds. The third-order valence-electron chi connectivity index (χ3n) is 3.96. The lowest BCUT2D eigenvalue weighted by molar-refractivity contribution is -0.0509. The number of alkyl halides is 2. The molecule has 0 atom stereocenters. The topological polar surface area (TPSA) is 83.6 Å². The Morgan fingerprint density at radius 1 is 1.19 bits per heavy atom. The number of ether oxygens (including phenoxy) is 2. The van der Waals surface area contributed by atoms with Crippen molar-refractivity contribution < 1.29 is 28.2 Å². The van der Waals surface area contributed by atoms with Crippen molar-refractivity contribution in [3.63, 3.8) is 0 Å². The number of rotatable bonds is 7. The summed E-state index contributed by atoms with van der Waals surface area (Å²) < 4.78 is 34.2. The molecule has 142 valence electrons. The Labute approximate surface area is 153 Å². The lowest BCUT2D eigenvalue weighted by Crippen LogP contribution is -2.26. The zero-order valence-corrected chi connectivity index (χ0v) is 14.2. The van der Waals surface area contributed by atoms with Crippen molar-refractivity contribution in [2.45, 2.75) is 19.6 Å². The summed E-state index contributed by atoms with van der Waals surface area (Å²) in [5.41, 5.74) is 2.18. The molecule has 0 saturated heterocycles. The summed E-state index contributed by atoms with van der Waals surface area (Å²) in [6, 6.07) is 11.1. The zero-order chi connectivity index (χ0) is 19.2. The zero-order valence-electron chi connectivity index (χ0n) is 14.2. The predicted molar refractivity (Wildman–Crippen MR) is 94.9 cm³/mol.